The molecule has 0 aromatic heterocycles. The molecule has 1 heterocycles. The van der Waals surface area contributed by atoms with Gasteiger partial charge >= 0.3 is 12.1 Å². The first kappa shape index (κ1) is 12.8. The SMILES string of the molecule is O=C(O)C(F)(F)F.ON=C1CNCC12CC2. The second-order valence-corrected chi connectivity index (χ2v) is 3.73. The summed E-state index contributed by atoms with van der Waals surface area (Å²) in [6.45, 7) is 1.81. The van der Waals surface area contributed by atoms with E-state index in [2.05, 4.69) is 10.5 Å². The predicted molar refractivity (Wildman–Crippen MR) is 47.4 cm³/mol. The van der Waals surface area contributed by atoms with Crippen LogP contribution in [-0.4, -0.2) is 41.3 Å². The van der Waals surface area contributed by atoms with Crippen molar-refractivity contribution in [2.24, 2.45) is 10.6 Å². The highest BCUT2D eigenvalue weighted by atomic mass is 19.4. The molecular weight excluding hydrogens is 229 g/mol. The molecule has 2 fully saturated rings. The zero-order chi connectivity index (χ0) is 12.4. The number of carboxylic acid groups (broad SMARTS) is 1. The zero-order valence-corrected chi connectivity index (χ0v) is 8.21. The van der Waals surface area contributed by atoms with Crippen molar-refractivity contribution in [1.29, 1.82) is 0 Å². The van der Waals surface area contributed by atoms with Gasteiger partial charge in [-0.3, -0.25) is 0 Å². The summed E-state index contributed by atoms with van der Waals surface area (Å²) in [6.07, 6.45) is -2.67. The summed E-state index contributed by atoms with van der Waals surface area (Å²) in [4.78, 5) is 8.90. The second-order valence-electron chi connectivity index (χ2n) is 3.73. The number of aliphatic carboxylic acids is 1. The number of hydrogen-bond donors (Lipinski definition) is 3. The Morgan fingerprint density at radius 3 is 2.19 bits per heavy atom. The van der Waals surface area contributed by atoms with Crippen molar-refractivity contribution in [1.82, 2.24) is 5.32 Å². The molecule has 1 saturated heterocycles. The average Bonchev–Trinajstić information content (AvgIpc) is 2.78. The van der Waals surface area contributed by atoms with Crippen LogP contribution in [0.3, 0.4) is 0 Å². The first-order chi connectivity index (χ1) is 7.32. The Hall–Kier alpha value is -1.31. The number of halogens is 3. The van der Waals surface area contributed by atoms with E-state index in [0.717, 1.165) is 18.8 Å². The molecular formula is C8H11F3N2O3. The van der Waals surface area contributed by atoms with Crippen molar-refractivity contribution in [2.45, 2.75) is 19.0 Å². The number of nitrogens with one attached hydrogen (secondary N) is 1. The molecule has 8 heteroatoms. The number of oxime groups is 1. The van der Waals surface area contributed by atoms with Gasteiger partial charge in [0.15, 0.2) is 0 Å². The van der Waals surface area contributed by atoms with Crippen LogP contribution in [0.15, 0.2) is 5.16 Å². The Bertz CT molecular complexity index is 310. The molecule has 2 aliphatic rings. The zero-order valence-electron chi connectivity index (χ0n) is 8.21. The summed E-state index contributed by atoms with van der Waals surface area (Å²) in [5.41, 5.74) is 1.26. The van der Waals surface area contributed by atoms with E-state index in [1.165, 1.54) is 12.8 Å². The molecule has 16 heavy (non-hydrogen) atoms. The monoisotopic (exact) mass is 240 g/mol. The van der Waals surface area contributed by atoms with Crippen molar-refractivity contribution in [2.75, 3.05) is 13.1 Å². The molecule has 1 saturated carbocycles. The van der Waals surface area contributed by atoms with Crippen LogP contribution in [0, 0.1) is 5.41 Å². The molecule has 5 nitrogen and oxygen atoms in total. The van der Waals surface area contributed by atoms with E-state index in [1.807, 2.05) is 0 Å². The minimum atomic E-state index is -5.08. The standard InChI is InChI=1S/C6H10N2O.C2HF3O2/c9-8-5-3-7-4-6(5)1-2-6;3-2(4,5)1(6)7/h7,9H,1-4H2;(H,6,7). The van der Waals surface area contributed by atoms with E-state index in [0.29, 0.717) is 5.41 Å². The van der Waals surface area contributed by atoms with Crippen molar-refractivity contribution in [3.8, 4) is 0 Å². The first-order valence-corrected chi connectivity index (χ1v) is 4.54. The van der Waals surface area contributed by atoms with Crippen LogP contribution in [0.1, 0.15) is 12.8 Å². The molecule has 0 aromatic carbocycles. The van der Waals surface area contributed by atoms with Crippen molar-refractivity contribution in [3.63, 3.8) is 0 Å². The van der Waals surface area contributed by atoms with E-state index < -0.39 is 12.1 Å². The lowest BCUT2D eigenvalue weighted by Gasteiger charge is -2.00. The number of nitrogens with zero attached hydrogens (tertiary/aromatic N) is 1. The fourth-order valence-corrected chi connectivity index (χ4v) is 1.47. The quantitative estimate of drug-likeness (QED) is 0.432. The van der Waals surface area contributed by atoms with Crippen LogP contribution in [0.25, 0.3) is 0 Å². The molecule has 92 valence electrons. The smallest absolute Gasteiger partial charge is 0.475 e. The number of carbonyl (C=O) groups is 1. The first-order valence-electron chi connectivity index (χ1n) is 4.54. The number of carboxylic acids is 1. The van der Waals surface area contributed by atoms with Crippen LogP contribution >= 0.6 is 0 Å². The Kier molecular flexibility index (Phi) is 3.41. The third-order valence-electron chi connectivity index (χ3n) is 2.58. The van der Waals surface area contributed by atoms with Crippen LogP contribution in [0.4, 0.5) is 13.2 Å². The summed E-state index contributed by atoms with van der Waals surface area (Å²) < 4.78 is 31.7. The molecule has 2 rings (SSSR count). The van der Waals surface area contributed by atoms with Crippen molar-refractivity contribution >= 4 is 11.7 Å². The third-order valence-corrected chi connectivity index (χ3v) is 2.58. The van der Waals surface area contributed by atoms with Gasteiger partial charge in [-0.25, -0.2) is 4.79 Å². The second kappa shape index (κ2) is 4.28. The molecule has 0 bridgehead atoms. The Labute approximate surface area is 88.9 Å². The highest BCUT2D eigenvalue weighted by Crippen LogP contribution is 2.48. The predicted octanol–water partition coefficient (Wildman–Crippen LogP) is 0.833. The van der Waals surface area contributed by atoms with Gasteiger partial charge in [0.25, 0.3) is 0 Å². The molecule has 0 radical (unpaired) electrons. The third kappa shape index (κ3) is 2.84. The van der Waals surface area contributed by atoms with Gasteiger partial charge in [-0.2, -0.15) is 13.2 Å². The minimum absolute atomic E-state index is 0.300. The lowest BCUT2D eigenvalue weighted by molar-refractivity contribution is -0.192. The topological polar surface area (TPSA) is 81.9 Å². The fraction of sp³-hybridized carbons (Fsp3) is 0.750. The Morgan fingerprint density at radius 2 is 1.94 bits per heavy atom. The lowest BCUT2D eigenvalue weighted by atomic mass is 10.1. The van der Waals surface area contributed by atoms with Gasteiger partial charge in [0.05, 0.1) is 5.71 Å². The van der Waals surface area contributed by atoms with Crippen LogP contribution in [0.5, 0.6) is 0 Å². The number of hydrogen-bond acceptors (Lipinski definition) is 4. The Morgan fingerprint density at radius 1 is 1.44 bits per heavy atom. The number of alkyl halides is 3. The van der Waals surface area contributed by atoms with E-state index in [-0.39, 0.29) is 0 Å². The van der Waals surface area contributed by atoms with Gasteiger partial charge in [-0.05, 0) is 12.8 Å². The van der Waals surface area contributed by atoms with Gasteiger partial charge in [-0.1, -0.05) is 5.16 Å². The van der Waals surface area contributed by atoms with Crippen LogP contribution in [0.2, 0.25) is 0 Å². The van der Waals surface area contributed by atoms with Gasteiger partial charge in [0, 0.05) is 18.5 Å². The molecule has 0 aromatic rings. The van der Waals surface area contributed by atoms with E-state index in [4.69, 9.17) is 15.1 Å². The molecule has 0 amide bonds. The highest BCUT2D eigenvalue weighted by Gasteiger charge is 2.50. The van der Waals surface area contributed by atoms with Gasteiger partial charge in [0.2, 0.25) is 0 Å². The van der Waals surface area contributed by atoms with Gasteiger partial charge in [0.1, 0.15) is 0 Å². The average molecular weight is 240 g/mol. The summed E-state index contributed by atoms with van der Waals surface area (Å²) in [6, 6.07) is 0. The van der Waals surface area contributed by atoms with Crippen LogP contribution in [-0.2, 0) is 4.79 Å². The fourth-order valence-electron chi connectivity index (χ4n) is 1.47. The number of rotatable bonds is 0. The van der Waals surface area contributed by atoms with E-state index in [1.54, 1.807) is 0 Å². The summed E-state index contributed by atoms with van der Waals surface area (Å²) in [5.74, 6) is -2.76. The normalized spacial score (nSPS) is 24.1. The van der Waals surface area contributed by atoms with Gasteiger partial charge in [-0.15, -0.1) is 0 Å². The molecule has 1 aliphatic carbocycles. The van der Waals surface area contributed by atoms with Gasteiger partial charge < -0.3 is 15.6 Å². The maximum atomic E-state index is 10.6. The molecule has 0 atom stereocenters. The minimum Gasteiger partial charge on any atom is -0.475 e. The largest absolute Gasteiger partial charge is 0.490 e. The summed E-state index contributed by atoms with van der Waals surface area (Å²) in [5, 5.41) is 22.1. The molecule has 3 N–H and O–H groups in total. The van der Waals surface area contributed by atoms with Crippen molar-refractivity contribution < 1.29 is 28.3 Å². The lowest BCUT2D eigenvalue weighted by Crippen LogP contribution is -2.21. The Balaban J connectivity index is 0.000000168. The van der Waals surface area contributed by atoms with E-state index in [9.17, 15) is 13.2 Å². The maximum Gasteiger partial charge on any atom is 0.490 e. The summed E-state index contributed by atoms with van der Waals surface area (Å²) in [7, 11) is 0. The molecule has 1 spiro atoms. The highest BCUT2D eigenvalue weighted by molar-refractivity contribution is 5.95. The maximum absolute atomic E-state index is 10.6. The van der Waals surface area contributed by atoms with Crippen molar-refractivity contribution in [3.05, 3.63) is 0 Å². The van der Waals surface area contributed by atoms with E-state index >= 15 is 0 Å². The summed E-state index contributed by atoms with van der Waals surface area (Å²) >= 11 is 0. The molecule has 1 aliphatic heterocycles. The molecule has 0 unspecified atom stereocenters. The van der Waals surface area contributed by atoms with Crippen LogP contribution < -0.4 is 5.32 Å².